The van der Waals surface area contributed by atoms with Crippen LogP contribution in [0.25, 0.3) is 48.7 Å². The normalized spacial score (nSPS) is 11.4. The fourth-order valence-electron chi connectivity index (χ4n) is 5.84. The summed E-state index contributed by atoms with van der Waals surface area (Å²) in [4.78, 5) is 2.40. The Morgan fingerprint density at radius 1 is 0.463 bits per heavy atom. The van der Waals surface area contributed by atoms with Crippen molar-refractivity contribution in [3.8, 4) is 16.8 Å². The molecule has 2 aromatic heterocycles. The second-order valence-electron chi connectivity index (χ2n) is 10.3. The molecule has 0 saturated heterocycles. The number of benzene rings is 6. The molecule has 6 aromatic carbocycles. The molecule has 2 nitrogen and oxygen atoms in total. The Hall–Kier alpha value is -5.12. The summed E-state index contributed by atoms with van der Waals surface area (Å²) in [5, 5.41) is 4.94. The lowest BCUT2D eigenvalue weighted by molar-refractivity contribution is 1.18. The van der Waals surface area contributed by atoms with Crippen molar-refractivity contribution < 1.29 is 0 Å². The molecule has 0 saturated carbocycles. The molecule has 0 aliphatic carbocycles. The van der Waals surface area contributed by atoms with E-state index in [9.17, 15) is 0 Å². The van der Waals surface area contributed by atoms with Crippen LogP contribution >= 0.6 is 11.3 Å². The number of para-hydroxylation sites is 2. The van der Waals surface area contributed by atoms with E-state index in [2.05, 4.69) is 167 Å². The van der Waals surface area contributed by atoms with Crippen molar-refractivity contribution in [1.29, 1.82) is 0 Å². The molecule has 0 bridgehead atoms. The summed E-state index contributed by atoms with van der Waals surface area (Å²) in [5.74, 6) is 0. The molecule has 41 heavy (non-hydrogen) atoms. The van der Waals surface area contributed by atoms with Gasteiger partial charge in [-0.05, 0) is 70.4 Å². The van der Waals surface area contributed by atoms with E-state index in [1.807, 2.05) is 11.3 Å². The van der Waals surface area contributed by atoms with Gasteiger partial charge in [0.05, 0.1) is 15.7 Å². The predicted molar refractivity (Wildman–Crippen MR) is 176 cm³/mol. The van der Waals surface area contributed by atoms with Crippen LogP contribution < -0.4 is 4.90 Å². The van der Waals surface area contributed by atoms with Gasteiger partial charge in [0.1, 0.15) is 5.00 Å². The maximum absolute atomic E-state index is 2.40. The lowest BCUT2D eigenvalue weighted by Gasteiger charge is -2.24. The van der Waals surface area contributed by atoms with E-state index < -0.39 is 0 Å². The number of nitrogens with zero attached hydrogens (tertiary/aromatic N) is 2. The van der Waals surface area contributed by atoms with Gasteiger partial charge in [-0.15, -0.1) is 11.3 Å². The highest BCUT2D eigenvalue weighted by atomic mass is 32.1. The van der Waals surface area contributed by atoms with Crippen LogP contribution in [0.1, 0.15) is 0 Å². The van der Waals surface area contributed by atoms with Gasteiger partial charge in [-0.2, -0.15) is 0 Å². The molecule has 8 rings (SSSR count). The van der Waals surface area contributed by atoms with Crippen molar-refractivity contribution in [2.45, 2.75) is 0 Å². The summed E-state index contributed by atoms with van der Waals surface area (Å²) >= 11 is 1.85. The molecular formula is C38H26N2S. The molecule has 0 amide bonds. The summed E-state index contributed by atoms with van der Waals surface area (Å²) in [7, 11) is 0. The van der Waals surface area contributed by atoms with Gasteiger partial charge in [-0.3, -0.25) is 0 Å². The first-order valence-electron chi connectivity index (χ1n) is 13.9. The number of anilines is 3. The highest BCUT2D eigenvalue weighted by molar-refractivity contribution is 7.24. The molecule has 194 valence electrons. The van der Waals surface area contributed by atoms with E-state index in [-0.39, 0.29) is 0 Å². The average Bonchev–Trinajstić information content (AvgIpc) is 3.59. The van der Waals surface area contributed by atoms with Crippen LogP contribution in [0, 0.1) is 0 Å². The number of hydrogen-bond donors (Lipinski definition) is 0. The SMILES string of the molecule is c1ccc(-c2ccc(N(c3ccc4ccccc4c3)c3cc4c(s3)c3ccccc3n4-c3ccccc3)cc2)cc1. The molecule has 0 spiro atoms. The van der Waals surface area contributed by atoms with Crippen LogP contribution in [0.5, 0.6) is 0 Å². The minimum Gasteiger partial charge on any atom is -0.308 e. The van der Waals surface area contributed by atoms with Gasteiger partial charge in [-0.1, -0.05) is 109 Å². The summed E-state index contributed by atoms with van der Waals surface area (Å²) in [6.07, 6.45) is 0. The maximum Gasteiger partial charge on any atom is 0.103 e. The number of rotatable bonds is 5. The molecule has 0 aliphatic rings. The van der Waals surface area contributed by atoms with Gasteiger partial charge in [-0.25, -0.2) is 0 Å². The Morgan fingerprint density at radius 2 is 1.10 bits per heavy atom. The van der Waals surface area contributed by atoms with Gasteiger partial charge in [0, 0.05) is 22.4 Å². The Bertz CT molecular complexity index is 2140. The van der Waals surface area contributed by atoms with Crippen LogP contribution in [0.4, 0.5) is 16.4 Å². The number of aromatic nitrogens is 1. The first kappa shape index (κ1) is 23.7. The first-order valence-corrected chi connectivity index (χ1v) is 14.7. The summed E-state index contributed by atoms with van der Waals surface area (Å²) < 4.78 is 3.69. The zero-order valence-electron chi connectivity index (χ0n) is 22.3. The molecule has 0 unspecified atom stereocenters. The van der Waals surface area contributed by atoms with Crippen molar-refractivity contribution in [1.82, 2.24) is 4.57 Å². The summed E-state index contributed by atoms with van der Waals surface area (Å²) in [6.45, 7) is 0. The fourth-order valence-corrected chi connectivity index (χ4v) is 7.06. The van der Waals surface area contributed by atoms with Gasteiger partial charge in [0.2, 0.25) is 0 Å². The molecule has 0 aliphatic heterocycles. The van der Waals surface area contributed by atoms with Crippen molar-refractivity contribution in [3.05, 3.63) is 158 Å². The smallest absolute Gasteiger partial charge is 0.103 e. The van der Waals surface area contributed by atoms with Crippen molar-refractivity contribution in [3.63, 3.8) is 0 Å². The van der Waals surface area contributed by atoms with Crippen molar-refractivity contribution in [2.24, 2.45) is 0 Å². The largest absolute Gasteiger partial charge is 0.308 e. The third-order valence-corrected chi connectivity index (χ3v) is 8.93. The molecule has 0 radical (unpaired) electrons. The van der Waals surface area contributed by atoms with Gasteiger partial charge >= 0.3 is 0 Å². The standard InChI is InChI=1S/C38H26N2S/c1-3-11-27(12-4-1)29-19-22-32(23-20-29)39(33-24-21-28-13-7-8-14-30(28)25-33)37-26-36-38(41-37)34-17-9-10-18-35(34)40(36)31-15-5-2-6-16-31/h1-26H. The minimum atomic E-state index is 1.14. The van der Waals surface area contributed by atoms with Gasteiger partial charge in [0.25, 0.3) is 0 Å². The van der Waals surface area contributed by atoms with E-state index in [0.29, 0.717) is 0 Å². The highest BCUT2D eigenvalue weighted by Crippen LogP contribution is 2.46. The molecule has 3 heteroatoms. The van der Waals surface area contributed by atoms with Crippen LogP contribution in [0.3, 0.4) is 0 Å². The third kappa shape index (κ3) is 4.10. The summed E-state index contributed by atoms with van der Waals surface area (Å²) in [5.41, 5.74) is 8.36. The van der Waals surface area contributed by atoms with E-state index in [1.54, 1.807) is 0 Å². The number of fused-ring (bicyclic) bond motifs is 4. The number of hydrogen-bond acceptors (Lipinski definition) is 2. The van der Waals surface area contributed by atoms with Crippen LogP contribution in [-0.4, -0.2) is 4.57 Å². The van der Waals surface area contributed by atoms with Gasteiger partial charge in [0.15, 0.2) is 0 Å². The van der Waals surface area contributed by atoms with Crippen LogP contribution in [0.15, 0.2) is 158 Å². The zero-order chi connectivity index (χ0) is 27.2. The Kier molecular flexibility index (Phi) is 5.68. The van der Waals surface area contributed by atoms with Crippen LogP contribution in [0.2, 0.25) is 0 Å². The highest BCUT2D eigenvalue weighted by Gasteiger charge is 2.21. The maximum atomic E-state index is 2.40. The predicted octanol–water partition coefficient (Wildman–Crippen LogP) is 11.1. The lowest BCUT2D eigenvalue weighted by Crippen LogP contribution is -2.08. The van der Waals surface area contributed by atoms with E-state index >= 15 is 0 Å². The van der Waals surface area contributed by atoms with E-state index in [1.165, 1.54) is 53.7 Å². The monoisotopic (exact) mass is 542 g/mol. The summed E-state index contributed by atoms with van der Waals surface area (Å²) in [6, 6.07) is 56.6. The molecule has 0 atom stereocenters. The van der Waals surface area contributed by atoms with E-state index in [0.717, 1.165) is 11.4 Å². The molecule has 8 aromatic rings. The second kappa shape index (κ2) is 9.81. The molecule has 0 fully saturated rings. The van der Waals surface area contributed by atoms with Gasteiger partial charge < -0.3 is 9.47 Å². The topological polar surface area (TPSA) is 8.17 Å². The lowest BCUT2D eigenvalue weighted by atomic mass is 10.0. The van der Waals surface area contributed by atoms with Crippen LogP contribution in [-0.2, 0) is 0 Å². The fraction of sp³-hybridized carbons (Fsp3) is 0. The Balaban J connectivity index is 1.34. The second-order valence-corrected chi connectivity index (χ2v) is 11.3. The van der Waals surface area contributed by atoms with Crippen molar-refractivity contribution >= 4 is 59.6 Å². The minimum absolute atomic E-state index is 1.14. The average molecular weight is 543 g/mol. The third-order valence-electron chi connectivity index (χ3n) is 7.79. The number of thiophene rings is 1. The van der Waals surface area contributed by atoms with E-state index in [4.69, 9.17) is 0 Å². The molecule has 2 heterocycles. The zero-order valence-corrected chi connectivity index (χ0v) is 23.1. The Morgan fingerprint density at radius 3 is 1.90 bits per heavy atom. The van der Waals surface area contributed by atoms with Crippen molar-refractivity contribution in [2.75, 3.05) is 4.90 Å². The molecular weight excluding hydrogens is 516 g/mol. The molecule has 0 N–H and O–H groups in total. The Labute approximate surface area is 243 Å². The first-order chi connectivity index (χ1) is 20.3. The quantitative estimate of drug-likeness (QED) is 0.210.